The largest absolute Gasteiger partial charge is 0.368 e. The number of hydrogen-bond donors (Lipinski definition) is 1. The molecule has 0 aromatic rings. The Balaban J connectivity index is 2.32. The van der Waals surface area contributed by atoms with Gasteiger partial charge in [0.05, 0.1) is 6.20 Å². The van der Waals surface area contributed by atoms with Crippen molar-refractivity contribution in [3.63, 3.8) is 0 Å². The molecule has 56 valence electrons. The van der Waals surface area contributed by atoms with E-state index in [-0.39, 0.29) is 0 Å². The van der Waals surface area contributed by atoms with E-state index in [4.69, 9.17) is 5.73 Å². The molecule has 0 bridgehead atoms. The van der Waals surface area contributed by atoms with Gasteiger partial charge in [0.1, 0.15) is 5.94 Å². The molecule has 0 radical (unpaired) electrons. The van der Waals surface area contributed by atoms with Gasteiger partial charge in [-0.15, -0.1) is 0 Å². The number of nitrogens with zero attached hydrogens (tertiary/aromatic N) is 1. The summed E-state index contributed by atoms with van der Waals surface area (Å²) in [4.78, 5) is 11.9. The van der Waals surface area contributed by atoms with Crippen molar-refractivity contribution >= 4 is 5.94 Å². The highest BCUT2D eigenvalue weighted by molar-refractivity contribution is 5.44. The van der Waals surface area contributed by atoms with Crippen LogP contribution in [-0.4, -0.2) is 30.0 Å². The first-order valence-corrected chi connectivity index (χ1v) is 3.53. The lowest BCUT2D eigenvalue weighted by Crippen LogP contribution is -2.36. The van der Waals surface area contributed by atoms with Crippen LogP contribution in [0.2, 0.25) is 0 Å². The van der Waals surface area contributed by atoms with Crippen LogP contribution in [0.5, 0.6) is 0 Å². The number of rotatable bonds is 1. The second-order valence-electron chi connectivity index (χ2n) is 2.62. The summed E-state index contributed by atoms with van der Waals surface area (Å²) in [6.07, 6.45) is 3.43. The molecule has 3 nitrogen and oxygen atoms in total. The van der Waals surface area contributed by atoms with E-state index in [1.54, 1.807) is 5.94 Å². The molecule has 1 aliphatic heterocycles. The Kier molecular flexibility index (Phi) is 2.49. The zero-order valence-electron chi connectivity index (χ0n) is 5.92. The maximum atomic E-state index is 9.90. The standard InChI is InChI=1S/C7H12N2O/c8-7-1-3-9(4-2-7)5-6-10/h5,7H,1-4,8H2. The van der Waals surface area contributed by atoms with Crippen LogP contribution in [0.25, 0.3) is 0 Å². The Morgan fingerprint density at radius 3 is 2.60 bits per heavy atom. The van der Waals surface area contributed by atoms with Crippen LogP contribution in [0.3, 0.4) is 0 Å². The number of nitrogens with two attached hydrogens (primary N) is 1. The Hall–Kier alpha value is -0.790. The number of likely N-dealkylation sites (tertiary alicyclic amines) is 1. The van der Waals surface area contributed by atoms with Gasteiger partial charge in [-0.25, -0.2) is 4.79 Å². The summed E-state index contributed by atoms with van der Waals surface area (Å²) < 4.78 is 0. The van der Waals surface area contributed by atoms with Gasteiger partial charge in [0.2, 0.25) is 0 Å². The molecular formula is C7H12N2O. The molecule has 1 aliphatic rings. The lowest BCUT2D eigenvalue weighted by molar-refractivity contribution is 0.286. The molecule has 2 N–H and O–H groups in total. The zero-order valence-corrected chi connectivity index (χ0v) is 5.92. The van der Waals surface area contributed by atoms with Gasteiger partial charge in [-0.05, 0) is 12.8 Å². The first-order chi connectivity index (χ1) is 4.83. The zero-order chi connectivity index (χ0) is 7.40. The fourth-order valence-corrected chi connectivity index (χ4v) is 1.12. The third-order valence-electron chi connectivity index (χ3n) is 1.81. The average molecular weight is 140 g/mol. The van der Waals surface area contributed by atoms with Gasteiger partial charge in [-0.2, -0.15) is 0 Å². The van der Waals surface area contributed by atoms with Crippen LogP contribution in [0.4, 0.5) is 0 Å². The van der Waals surface area contributed by atoms with Crippen molar-refractivity contribution in [1.82, 2.24) is 4.90 Å². The highest BCUT2D eigenvalue weighted by Gasteiger charge is 2.12. The fourth-order valence-electron chi connectivity index (χ4n) is 1.12. The number of carbonyl (C=O) groups excluding carboxylic acids is 1. The summed E-state index contributed by atoms with van der Waals surface area (Å²) in [7, 11) is 0. The average Bonchev–Trinajstić information content (AvgIpc) is 1.95. The summed E-state index contributed by atoms with van der Waals surface area (Å²) in [6.45, 7) is 1.80. The molecule has 0 atom stereocenters. The number of piperidine rings is 1. The molecular weight excluding hydrogens is 128 g/mol. The Bertz CT molecular complexity index is 144. The molecule has 0 aliphatic carbocycles. The second kappa shape index (κ2) is 3.40. The van der Waals surface area contributed by atoms with Crippen LogP contribution < -0.4 is 5.73 Å². The van der Waals surface area contributed by atoms with Crippen molar-refractivity contribution in [2.24, 2.45) is 5.73 Å². The van der Waals surface area contributed by atoms with Crippen LogP contribution >= 0.6 is 0 Å². The fraction of sp³-hybridized carbons (Fsp3) is 0.714. The molecule has 1 fully saturated rings. The lowest BCUT2D eigenvalue weighted by atomic mass is 10.1. The summed E-state index contributed by atoms with van der Waals surface area (Å²) in [5, 5.41) is 0. The summed E-state index contributed by atoms with van der Waals surface area (Å²) in [5.74, 6) is 1.76. The molecule has 1 heterocycles. The Labute approximate surface area is 60.5 Å². The van der Waals surface area contributed by atoms with Crippen molar-refractivity contribution in [3.8, 4) is 0 Å². The van der Waals surface area contributed by atoms with E-state index in [0.29, 0.717) is 6.04 Å². The second-order valence-corrected chi connectivity index (χ2v) is 2.62. The van der Waals surface area contributed by atoms with E-state index in [2.05, 4.69) is 0 Å². The molecule has 0 spiro atoms. The Morgan fingerprint density at radius 1 is 1.50 bits per heavy atom. The maximum Gasteiger partial charge on any atom is 0.142 e. The molecule has 0 aromatic carbocycles. The van der Waals surface area contributed by atoms with Gasteiger partial charge >= 0.3 is 0 Å². The van der Waals surface area contributed by atoms with Crippen LogP contribution in [0.1, 0.15) is 12.8 Å². The minimum absolute atomic E-state index is 0.330. The minimum Gasteiger partial charge on any atom is -0.368 e. The van der Waals surface area contributed by atoms with Crippen molar-refractivity contribution < 1.29 is 4.79 Å². The Morgan fingerprint density at radius 2 is 2.10 bits per heavy atom. The van der Waals surface area contributed by atoms with Crippen LogP contribution in [-0.2, 0) is 4.79 Å². The van der Waals surface area contributed by atoms with Crippen molar-refractivity contribution in [2.45, 2.75) is 18.9 Å². The van der Waals surface area contributed by atoms with Gasteiger partial charge in [-0.1, -0.05) is 0 Å². The maximum absolute atomic E-state index is 9.90. The first-order valence-electron chi connectivity index (χ1n) is 3.53. The first kappa shape index (κ1) is 7.32. The third-order valence-corrected chi connectivity index (χ3v) is 1.81. The lowest BCUT2D eigenvalue weighted by Gasteiger charge is -2.27. The molecule has 0 unspecified atom stereocenters. The molecule has 0 saturated carbocycles. The minimum atomic E-state index is 0.330. The van der Waals surface area contributed by atoms with Gasteiger partial charge in [0.15, 0.2) is 0 Å². The summed E-state index contributed by atoms with van der Waals surface area (Å²) in [5.41, 5.74) is 5.65. The molecule has 1 saturated heterocycles. The number of hydrogen-bond acceptors (Lipinski definition) is 3. The van der Waals surface area contributed by atoms with E-state index in [0.717, 1.165) is 25.9 Å². The normalized spacial score (nSPS) is 20.3. The van der Waals surface area contributed by atoms with E-state index in [1.165, 1.54) is 6.20 Å². The van der Waals surface area contributed by atoms with Crippen molar-refractivity contribution in [2.75, 3.05) is 13.1 Å². The monoisotopic (exact) mass is 140 g/mol. The molecule has 0 amide bonds. The predicted octanol–water partition coefficient (Wildman–Crippen LogP) is -0.245. The van der Waals surface area contributed by atoms with E-state index in [9.17, 15) is 4.79 Å². The van der Waals surface area contributed by atoms with Crippen molar-refractivity contribution in [1.29, 1.82) is 0 Å². The summed E-state index contributed by atoms with van der Waals surface area (Å²) >= 11 is 0. The smallest absolute Gasteiger partial charge is 0.142 e. The van der Waals surface area contributed by atoms with Gasteiger partial charge in [-0.3, -0.25) is 0 Å². The highest BCUT2D eigenvalue weighted by Crippen LogP contribution is 2.06. The van der Waals surface area contributed by atoms with Crippen LogP contribution in [0, 0.1) is 0 Å². The van der Waals surface area contributed by atoms with Gasteiger partial charge < -0.3 is 10.6 Å². The van der Waals surface area contributed by atoms with Crippen molar-refractivity contribution in [3.05, 3.63) is 6.20 Å². The predicted molar refractivity (Wildman–Crippen MR) is 39.0 cm³/mol. The summed E-state index contributed by atoms with van der Waals surface area (Å²) in [6, 6.07) is 0.330. The van der Waals surface area contributed by atoms with Gasteiger partial charge in [0.25, 0.3) is 0 Å². The highest BCUT2D eigenvalue weighted by atomic mass is 16.1. The van der Waals surface area contributed by atoms with Crippen LogP contribution in [0.15, 0.2) is 6.20 Å². The molecule has 10 heavy (non-hydrogen) atoms. The molecule has 0 aromatic heterocycles. The third kappa shape index (κ3) is 1.87. The SMILES string of the molecule is NC1CCN(C=C=O)CC1. The van der Waals surface area contributed by atoms with E-state index < -0.39 is 0 Å². The molecule has 1 rings (SSSR count). The molecule has 3 heteroatoms. The quantitative estimate of drug-likeness (QED) is 0.511. The van der Waals surface area contributed by atoms with E-state index in [1.807, 2.05) is 4.90 Å². The van der Waals surface area contributed by atoms with Gasteiger partial charge in [0, 0.05) is 19.1 Å². The van der Waals surface area contributed by atoms with E-state index >= 15 is 0 Å². The topological polar surface area (TPSA) is 46.3 Å².